The van der Waals surface area contributed by atoms with Crippen LogP contribution in [0.15, 0.2) is 0 Å². The highest BCUT2D eigenvalue weighted by molar-refractivity contribution is 7.00. The first-order valence-corrected chi connectivity index (χ1v) is 6.58. The van der Waals surface area contributed by atoms with Crippen LogP contribution in [0.5, 0.6) is 0 Å². The summed E-state index contributed by atoms with van der Waals surface area (Å²) in [4.78, 5) is 0. The maximum Gasteiger partial charge on any atom is 0.138 e. The Balaban J connectivity index is 0.000000461. The zero-order valence-electron chi connectivity index (χ0n) is 9.13. The molecule has 0 saturated heterocycles. The fourth-order valence-corrected chi connectivity index (χ4v) is 3.21. The number of hydrogen-bond acceptors (Lipinski definition) is 1. The second kappa shape index (κ2) is 7.40. The van der Waals surface area contributed by atoms with Gasteiger partial charge in [-0.05, 0) is 11.8 Å². The minimum Gasteiger partial charge on any atom is -0.279 e. The zero-order chi connectivity index (χ0) is 10.2. The molecule has 0 spiro atoms. The fourth-order valence-electron chi connectivity index (χ4n) is 3.21. The molecule has 0 aromatic carbocycles. The smallest absolute Gasteiger partial charge is 0.138 e. The Labute approximate surface area is 90.3 Å². The molecule has 2 aliphatic rings. The second-order valence-corrected chi connectivity index (χ2v) is 4.80. The zero-order valence-corrected chi connectivity index (χ0v) is 10.1. The van der Waals surface area contributed by atoms with Crippen molar-refractivity contribution in [1.29, 1.82) is 0 Å². The molecule has 2 saturated carbocycles. The predicted molar refractivity (Wildman–Crippen MR) is 62.2 cm³/mol. The van der Waals surface area contributed by atoms with Crippen LogP contribution >= 0.6 is 9.12 Å². The Kier molecular flexibility index (Phi) is 6.43. The topological polar surface area (TPSA) is 17.1 Å². The summed E-state index contributed by atoms with van der Waals surface area (Å²) in [5.41, 5.74) is 0. The summed E-state index contributed by atoms with van der Waals surface area (Å²) in [6.45, 7) is 0. The third kappa shape index (κ3) is 3.69. The monoisotopic (exact) mass is 214 g/mol. The summed E-state index contributed by atoms with van der Waals surface area (Å²) in [5, 5.41) is 0. The Morgan fingerprint density at radius 1 is 0.571 bits per heavy atom. The maximum absolute atomic E-state index is 8.06. The second-order valence-electron chi connectivity index (χ2n) is 4.80. The summed E-state index contributed by atoms with van der Waals surface area (Å²) >= 11 is 0. The van der Waals surface area contributed by atoms with E-state index >= 15 is 0 Å². The van der Waals surface area contributed by atoms with Gasteiger partial charge in [-0.1, -0.05) is 64.2 Å². The molecular weight excluding hydrogens is 191 g/mol. The Hall–Kier alpha value is 0.100. The van der Waals surface area contributed by atoms with Crippen LogP contribution in [0.3, 0.4) is 0 Å². The van der Waals surface area contributed by atoms with Crippen molar-refractivity contribution in [2.75, 3.05) is 0 Å². The molecule has 2 aliphatic carbocycles. The van der Waals surface area contributed by atoms with E-state index in [1.807, 2.05) is 0 Å². The first-order valence-electron chi connectivity index (χ1n) is 6.17. The lowest BCUT2D eigenvalue weighted by Gasteiger charge is -2.32. The lowest BCUT2D eigenvalue weighted by molar-refractivity contribution is 0.196. The fraction of sp³-hybridized carbons (Fsp3) is 1.00. The van der Waals surface area contributed by atoms with E-state index in [1.165, 1.54) is 38.5 Å². The van der Waals surface area contributed by atoms with Crippen LogP contribution in [0.25, 0.3) is 0 Å². The molecule has 2 heteroatoms. The van der Waals surface area contributed by atoms with E-state index in [0.717, 1.165) is 11.8 Å². The minimum atomic E-state index is 1.14. The molecule has 2 fully saturated rings. The third-order valence-corrected chi connectivity index (χ3v) is 3.97. The first-order chi connectivity index (χ1) is 6.97. The van der Waals surface area contributed by atoms with Gasteiger partial charge in [0.25, 0.3) is 0 Å². The van der Waals surface area contributed by atoms with Crippen LogP contribution in [-0.4, -0.2) is 0 Å². The highest BCUT2D eigenvalue weighted by Crippen LogP contribution is 2.37. The van der Waals surface area contributed by atoms with Crippen LogP contribution in [0, 0.1) is 11.8 Å². The van der Waals surface area contributed by atoms with Crippen molar-refractivity contribution in [3.63, 3.8) is 0 Å². The highest BCUT2D eigenvalue weighted by Gasteiger charge is 2.24. The van der Waals surface area contributed by atoms with E-state index in [-0.39, 0.29) is 0 Å². The van der Waals surface area contributed by atoms with Gasteiger partial charge in [0.05, 0.1) is 0 Å². The largest absolute Gasteiger partial charge is 0.279 e. The first kappa shape index (κ1) is 12.2. The molecule has 0 atom stereocenters. The van der Waals surface area contributed by atoms with E-state index in [9.17, 15) is 0 Å². The van der Waals surface area contributed by atoms with Gasteiger partial charge in [0, 0.05) is 0 Å². The van der Waals surface area contributed by atoms with Gasteiger partial charge in [-0.3, -0.25) is 4.57 Å². The van der Waals surface area contributed by atoms with Gasteiger partial charge in [-0.25, -0.2) is 0 Å². The van der Waals surface area contributed by atoms with E-state index in [1.54, 1.807) is 34.8 Å². The molecule has 0 N–H and O–H groups in total. The molecule has 0 bridgehead atoms. The van der Waals surface area contributed by atoms with Crippen molar-refractivity contribution in [2.24, 2.45) is 11.8 Å². The average Bonchev–Trinajstić information content (AvgIpc) is 2.34. The van der Waals surface area contributed by atoms with Crippen molar-refractivity contribution in [3.05, 3.63) is 0 Å². The Bertz CT molecular complexity index is 121. The van der Waals surface area contributed by atoms with Gasteiger partial charge in [0.2, 0.25) is 0 Å². The molecule has 14 heavy (non-hydrogen) atoms. The highest BCUT2D eigenvalue weighted by atomic mass is 31.0. The molecule has 0 unspecified atom stereocenters. The molecule has 0 aliphatic heterocycles. The van der Waals surface area contributed by atoms with Crippen molar-refractivity contribution in [1.82, 2.24) is 0 Å². The number of hydrogen-bond donors (Lipinski definition) is 0. The molecular formula is C12H23OP. The molecule has 2 rings (SSSR count). The van der Waals surface area contributed by atoms with Crippen molar-refractivity contribution in [3.8, 4) is 0 Å². The SMILES string of the molecule is C1CCC(C2CCCCC2)CC1.O=P. The minimum absolute atomic E-state index is 1.14. The molecule has 0 radical (unpaired) electrons. The van der Waals surface area contributed by atoms with E-state index in [0.29, 0.717) is 0 Å². The lowest BCUT2D eigenvalue weighted by atomic mass is 9.73. The molecule has 82 valence electrons. The Morgan fingerprint density at radius 3 is 1.14 bits per heavy atom. The maximum atomic E-state index is 8.06. The normalized spacial score (nSPS) is 25.1. The van der Waals surface area contributed by atoms with Crippen molar-refractivity contribution in [2.45, 2.75) is 64.2 Å². The standard InChI is InChI=1S/C12H22.HOP/c1-3-7-11(8-4-1)12-9-5-2-6-10-12;1-2/h11-12H,1-10H2;2H. The van der Waals surface area contributed by atoms with Gasteiger partial charge >= 0.3 is 0 Å². The van der Waals surface area contributed by atoms with Crippen LogP contribution in [-0.2, 0) is 4.57 Å². The summed E-state index contributed by atoms with van der Waals surface area (Å²) in [6, 6.07) is 0. The lowest BCUT2D eigenvalue weighted by Crippen LogP contribution is -2.20. The van der Waals surface area contributed by atoms with Gasteiger partial charge < -0.3 is 0 Å². The third-order valence-electron chi connectivity index (χ3n) is 3.97. The van der Waals surface area contributed by atoms with E-state index in [2.05, 4.69) is 0 Å². The van der Waals surface area contributed by atoms with Crippen LogP contribution in [0.4, 0.5) is 0 Å². The van der Waals surface area contributed by atoms with Crippen LogP contribution in [0.2, 0.25) is 0 Å². The quantitative estimate of drug-likeness (QED) is 0.582. The van der Waals surface area contributed by atoms with Gasteiger partial charge in [0.1, 0.15) is 9.12 Å². The summed E-state index contributed by atoms with van der Waals surface area (Å²) in [6.07, 6.45) is 15.4. The summed E-state index contributed by atoms with van der Waals surface area (Å²) < 4.78 is 8.06. The van der Waals surface area contributed by atoms with Crippen LogP contribution < -0.4 is 0 Å². The van der Waals surface area contributed by atoms with E-state index in [4.69, 9.17) is 4.57 Å². The van der Waals surface area contributed by atoms with Crippen molar-refractivity contribution >= 4 is 9.12 Å². The van der Waals surface area contributed by atoms with Crippen LogP contribution in [0.1, 0.15) is 64.2 Å². The molecule has 1 nitrogen and oxygen atoms in total. The van der Waals surface area contributed by atoms with Gasteiger partial charge in [0.15, 0.2) is 0 Å². The van der Waals surface area contributed by atoms with Gasteiger partial charge in [-0.2, -0.15) is 0 Å². The molecule has 0 amide bonds. The average molecular weight is 214 g/mol. The molecule has 0 aromatic rings. The summed E-state index contributed by atoms with van der Waals surface area (Å²) in [7, 11) is 1.72. The Morgan fingerprint density at radius 2 is 0.857 bits per heavy atom. The summed E-state index contributed by atoms with van der Waals surface area (Å²) in [5.74, 6) is 2.28. The van der Waals surface area contributed by atoms with E-state index < -0.39 is 0 Å². The van der Waals surface area contributed by atoms with Gasteiger partial charge in [-0.15, -0.1) is 0 Å². The van der Waals surface area contributed by atoms with Crippen molar-refractivity contribution < 1.29 is 4.57 Å². The molecule has 0 aromatic heterocycles. The predicted octanol–water partition coefficient (Wildman–Crippen LogP) is 4.62. The number of rotatable bonds is 1. The molecule has 0 heterocycles.